The van der Waals surface area contributed by atoms with Crippen molar-refractivity contribution in [1.29, 1.82) is 0 Å². The molecular weight excluding hydrogens is 268 g/mol. The number of aliphatic hydroxyl groups is 1. The van der Waals surface area contributed by atoms with Crippen molar-refractivity contribution in [2.45, 2.75) is 63.6 Å². The summed E-state index contributed by atoms with van der Waals surface area (Å²) in [5.41, 5.74) is 0. The Bertz CT molecular complexity index is 337. The summed E-state index contributed by atoms with van der Waals surface area (Å²) < 4.78 is 4.99. The molecule has 0 spiro atoms. The Labute approximate surface area is 128 Å². The molecule has 0 radical (unpaired) electrons. The molecule has 0 aromatic rings. The monoisotopic (exact) mass is 298 g/mol. The average Bonchev–Trinajstić information content (AvgIpc) is 3.10. The number of carbonyl (C=O) groups is 1. The van der Waals surface area contributed by atoms with Crippen LogP contribution < -0.4 is 5.32 Å². The summed E-state index contributed by atoms with van der Waals surface area (Å²) in [7, 11) is 1.67. The van der Waals surface area contributed by atoms with Gasteiger partial charge in [0.2, 0.25) is 5.91 Å². The van der Waals surface area contributed by atoms with Crippen molar-refractivity contribution in [3.05, 3.63) is 0 Å². The highest BCUT2D eigenvalue weighted by Crippen LogP contribution is 2.36. The fourth-order valence-corrected chi connectivity index (χ4v) is 3.90. The van der Waals surface area contributed by atoms with Gasteiger partial charge < -0.3 is 15.2 Å². The number of ether oxygens (including phenoxy) is 1. The van der Waals surface area contributed by atoms with Gasteiger partial charge in [-0.05, 0) is 45.6 Å². The van der Waals surface area contributed by atoms with Gasteiger partial charge in [0.05, 0.1) is 12.1 Å². The molecule has 0 aromatic heterocycles. The normalized spacial score (nSPS) is 31.5. The van der Waals surface area contributed by atoms with Crippen LogP contribution in [0.2, 0.25) is 0 Å². The quantitative estimate of drug-likeness (QED) is 0.692. The first kappa shape index (κ1) is 16.7. The molecule has 4 atom stereocenters. The number of carbonyl (C=O) groups excluding carboxylic acids is 1. The van der Waals surface area contributed by atoms with Crippen molar-refractivity contribution in [3.8, 4) is 0 Å². The van der Waals surface area contributed by atoms with E-state index in [0.717, 1.165) is 45.1 Å². The second-order valence-electron chi connectivity index (χ2n) is 6.42. The number of nitrogens with zero attached hydrogens (tertiary/aromatic N) is 1. The topological polar surface area (TPSA) is 61.8 Å². The van der Waals surface area contributed by atoms with Gasteiger partial charge in [-0.2, -0.15) is 0 Å². The molecule has 21 heavy (non-hydrogen) atoms. The van der Waals surface area contributed by atoms with Crippen molar-refractivity contribution in [2.24, 2.45) is 5.92 Å². The van der Waals surface area contributed by atoms with Crippen molar-refractivity contribution >= 4 is 5.91 Å². The van der Waals surface area contributed by atoms with Crippen molar-refractivity contribution in [1.82, 2.24) is 10.2 Å². The van der Waals surface area contributed by atoms with Gasteiger partial charge in [-0.3, -0.25) is 9.69 Å². The Balaban J connectivity index is 1.85. The zero-order valence-corrected chi connectivity index (χ0v) is 13.4. The van der Waals surface area contributed by atoms with Gasteiger partial charge in [-0.1, -0.05) is 6.42 Å². The zero-order chi connectivity index (χ0) is 15.2. The zero-order valence-electron chi connectivity index (χ0n) is 13.4. The largest absolute Gasteiger partial charge is 0.393 e. The molecule has 2 fully saturated rings. The fourth-order valence-electron chi connectivity index (χ4n) is 3.90. The number of aliphatic hydroxyl groups excluding tert-OH is 1. The lowest BCUT2D eigenvalue weighted by molar-refractivity contribution is -0.126. The van der Waals surface area contributed by atoms with E-state index in [1.807, 2.05) is 6.92 Å². The highest BCUT2D eigenvalue weighted by Gasteiger charge is 2.41. The second-order valence-corrected chi connectivity index (χ2v) is 6.42. The lowest BCUT2D eigenvalue weighted by atomic mass is 9.93. The van der Waals surface area contributed by atoms with E-state index in [4.69, 9.17) is 4.74 Å². The van der Waals surface area contributed by atoms with Crippen LogP contribution in [0.1, 0.15) is 45.4 Å². The molecule has 1 aliphatic heterocycles. The molecule has 5 heteroatoms. The molecule has 5 nitrogen and oxygen atoms in total. The highest BCUT2D eigenvalue weighted by atomic mass is 16.5. The Kier molecular flexibility index (Phi) is 6.45. The number of rotatable bonds is 7. The third-order valence-corrected chi connectivity index (χ3v) is 5.07. The molecule has 2 N–H and O–H groups in total. The first-order valence-electron chi connectivity index (χ1n) is 8.35. The maximum absolute atomic E-state index is 12.3. The SMILES string of the molecule is COCCCNC(=O)C(C)N1CCCC1C1CCCC1O. The predicted octanol–water partition coefficient (Wildman–Crippen LogP) is 1.15. The summed E-state index contributed by atoms with van der Waals surface area (Å²) in [4.78, 5) is 14.6. The van der Waals surface area contributed by atoms with Gasteiger partial charge in [0.1, 0.15) is 0 Å². The third-order valence-electron chi connectivity index (χ3n) is 5.07. The van der Waals surface area contributed by atoms with E-state index in [9.17, 15) is 9.90 Å². The Morgan fingerprint density at radius 1 is 1.38 bits per heavy atom. The standard InChI is InChI=1S/C16H30N2O3/c1-12(16(20)17-9-5-11-21-2)18-10-4-7-14(18)13-6-3-8-15(13)19/h12-15,19H,3-11H2,1-2H3,(H,17,20). The van der Waals surface area contributed by atoms with Crippen molar-refractivity contribution < 1.29 is 14.6 Å². The van der Waals surface area contributed by atoms with Gasteiger partial charge >= 0.3 is 0 Å². The Morgan fingerprint density at radius 2 is 2.19 bits per heavy atom. The van der Waals surface area contributed by atoms with Crippen molar-refractivity contribution in [2.75, 3.05) is 26.8 Å². The van der Waals surface area contributed by atoms with Gasteiger partial charge in [-0.15, -0.1) is 0 Å². The van der Waals surface area contributed by atoms with Crippen LogP contribution in [-0.4, -0.2) is 60.9 Å². The molecule has 4 unspecified atom stereocenters. The van der Waals surface area contributed by atoms with Crippen LogP contribution in [0.3, 0.4) is 0 Å². The lowest BCUT2D eigenvalue weighted by Crippen LogP contribution is -2.50. The van der Waals surface area contributed by atoms with E-state index in [0.29, 0.717) is 25.1 Å². The van der Waals surface area contributed by atoms with Gasteiger partial charge in [-0.25, -0.2) is 0 Å². The van der Waals surface area contributed by atoms with E-state index in [-0.39, 0.29) is 18.1 Å². The van der Waals surface area contributed by atoms with E-state index < -0.39 is 0 Å². The van der Waals surface area contributed by atoms with Crippen molar-refractivity contribution in [3.63, 3.8) is 0 Å². The fraction of sp³-hybridized carbons (Fsp3) is 0.938. The molecule has 1 saturated heterocycles. The molecule has 0 bridgehead atoms. The summed E-state index contributed by atoms with van der Waals surface area (Å²) in [6, 6.07) is 0.273. The van der Waals surface area contributed by atoms with Crippen LogP contribution in [0.15, 0.2) is 0 Å². The molecule has 2 rings (SSSR count). The van der Waals surface area contributed by atoms with Gasteiger partial charge in [0.25, 0.3) is 0 Å². The smallest absolute Gasteiger partial charge is 0.237 e. The maximum atomic E-state index is 12.3. The minimum atomic E-state index is -0.174. The maximum Gasteiger partial charge on any atom is 0.237 e. The van der Waals surface area contributed by atoms with E-state index >= 15 is 0 Å². The number of likely N-dealkylation sites (tertiary alicyclic amines) is 1. The van der Waals surface area contributed by atoms with Gasteiger partial charge in [0, 0.05) is 32.2 Å². The Hall–Kier alpha value is -0.650. The molecule has 2 aliphatic rings. The number of nitrogens with one attached hydrogen (secondary N) is 1. The summed E-state index contributed by atoms with van der Waals surface area (Å²) in [6.45, 7) is 4.31. The molecule has 1 aliphatic carbocycles. The average molecular weight is 298 g/mol. The van der Waals surface area contributed by atoms with Crippen LogP contribution in [0.25, 0.3) is 0 Å². The number of hydrogen-bond acceptors (Lipinski definition) is 4. The third kappa shape index (κ3) is 4.18. The molecule has 1 saturated carbocycles. The van der Waals surface area contributed by atoms with Crippen LogP contribution in [0.4, 0.5) is 0 Å². The summed E-state index contributed by atoms with van der Waals surface area (Å²) in [5.74, 6) is 0.460. The predicted molar refractivity (Wildman–Crippen MR) is 82.0 cm³/mol. The van der Waals surface area contributed by atoms with E-state index in [2.05, 4.69) is 10.2 Å². The van der Waals surface area contributed by atoms with E-state index in [1.54, 1.807) is 7.11 Å². The minimum absolute atomic E-state index is 0.102. The highest BCUT2D eigenvalue weighted by molar-refractivity contribution is 5.81. The molecule has 1 amide bonds. The summed E-state index contributed by atoms with van der Waals surface area (Å²) in [5, 5.41) is 13.1. The van der Waals surface area contributed by atoms with Crippen LogP contribution >= 0.6 is 0 Å². The number of hydrogen-bond donors (Lipinski definition) is 2. The molecule has 1 heterocycles. The molecular formula is C16H30N2O3. The first-order chi connectivity index (χ1) is 10.1. The summed E-state index contributed by atoms with van der Waals surface area (Å²) >= 11 is 0. The molecule has 122 valence electrons. The minimum Gasteiger partial charge on any atom is -0.393 e. The first-order valence-corrected chi connectivity index (χ1v) is 8.35. The van der Waals surface area contributed by atoms with E-state index in [1.165, 1.54) is 0 Å². The lowest BCUT2D eigenvalue weighted by Gasteiger charge is -2.34. The van der Waals surface area contributed by atoms with Crippen LogP contribution in [0.5, 0.6) is 0 Å². The summed E-state index contributed by atoms with van der Waals surface area (Å²) in [6.07, 6.45) is 6.07. The van der Waals surface area contributed by atoms with Crippen LogP contribution in [-0.2, 0) is 9.53 Å². The number of methoxy groups -OCH3 is 1. The van der Waals surface area contributed by atoms with Crippen LogP contribution in [0, 0.1) is 5.92 Å². The number of amides is 1. The molecule has 0 aromatic carbocycles. The van der Waals surface area contributed by atoms with Gasteiger partial charge in [0.15, 0.2) is 0 Å². The Morgan fingerprint density at radius 3 is 2.86 bits per heavy atom. The second kappa shape index (κ2) is 8.11.